The molecular weight excluding hydrogens is 233 g/mol. The van der Waals surface area contributed by atoms with Crippen LogP contribution in [0, 0.1) is 12.7 Å². The number of nitrogens with one attached hydrogen (secondary N) is 1. The van der Waals surface area contributed by atoms with Crippen LogP contribution < -0.4 is 5.32 Å². The zero-order chi connectivity index (χ0) is 13.1. The molecule has 0 atom stereocenters. The topological polar surface area (TPSA) is 46.9 Å². The molecule has 0 fully saturated rings. The van der Waals surface area contributed by atoms with E-state index >= 15 is 0 Å². The van der Waals surface area contributed by atoms with Crippen molar-refractivity contribution in [1.29, 1.82) is 0 Å². The molecule has 18 heavy (non-hydrogen) atoms. The standard InChI is InChI=1S/C13H14FN3O/c1-9-6-12(17(2)16-9)8-15-13(18)10-4-3-5-11(14)7-10/h3-7H,8H2,1-2H3,(H,15,18). The predicted molar refractivity (Wildman–Crippen MR) is 65.5 cm³/mol. The third-order valence-corrected chi connectivity index (χ3v) is 2.62. The van der Waals surface area contributed by atoms with Gasteiger partial charge in [-0.05, 0) is 31.2 Å². The quantitative estimate of drug-likeness (QED) is 0.899. The van der Waals surface area contributed by atoms with Gasteiger partial charge in [-0.25, -0.2) is 4.39 Å². The van der Waals surface area contributed by atoms with Crippen molar-refractivity contribution in [2.24, 2.45) is 7.05 Å². The lowest BCUT2D eigenvalue weighted by atomic mass is 10.2. The first-order chi connectivity index (χ1) is 8.56. The van der Waals surface area contributed by atoms with Gasteiger partial charge in [-0.3, -0.25) is 9.48 Å². The van der Waals surface area contributed by atoms with E-state index in [1.54, 1.807) is 10.7 Å². The maximum absolute atomic E-state index is 13.0. The highest BCUT2D eigenvalue weighted by atomic mass is 19.1. The van der Waals surface area contributed by atoms with Crippen LogP contribution in [0.15, 0.2) is 30.3 Å². The van der Waals surface area contributed by atoms with E-state index in [1.807, 2.05) is 20.0 Å². The largest absolute Gasteiger partial charge is 0.346 e. The second-order valence-corrected chi connectivity index (χ2v) is 4.09. The Balaban J connectivity index is 2.02. The summed E-state index contributed by atoms with van der Waals surface area (Å²) in [6.07, 6.45) is 0. The lowest BCUT2D eigenvalue weighted by molar-refractivity contribution is 0.0949. The highest BCUT2D eigenvalue weighted by Gasteiger charge is 2.08. The molecule has 4 nitrogen and oxygen atoms in total. The summed E-state index contributed by atoms with van der Waals surface area (Å²) in [7, 11) is 1.82. The van der Waals surface area contributed by atoms with Crippen molar-refractivity contribution < 1.29 is 9.18 Å². The Labute approximate surface area is 104 Å². The van der Waals surface area contributed by atoms with Gasteiger partial charge in [0.15, 0.2) is 0 Å². The number of rotatable bonds is 3. The van der Waals surface area contributed by atoms with Crippen molar-refractivity contribution in [3.63, 3.8) is 0 Å². The molecule has 94 valence electrons. The maximum Gasteiger partial charge on any atom is 0.251 e. The van der Waals surface area contributed by atoms with Crippen LogP contribution in [0.25, 0.3) is 0 Å². The van der Waals surface area contributed by atoms with Gasteiger partial charge in [-0.1, -0.05) is 6.07 Å². The van der Waals surface area contributed by atoms with Gasteiger partial charge in [-0.2, -0.15) is 5.10 Å². The average Bonchev–Trinajstić information content (AvgIpc) is 2.65. The number of carbonyl (C=O) groups is 1. The van der Waals surface area contributed by atoms with Gasteiger partial charge in [0.2, 0.25) is 0 Å². The smallest absolute Gasteiger partial charge is 0.251 e. The molecule has 0 spiro atoms. The average molecular weight is 247 g/mol. The van der Waals surface area contributed by atoms with Gasteiger partial charge in [-0.15, -0.1) is 0 Å². The summed E-state index contributed by atoms with van der Waals surface area (Å²) in [5.74, 6) is -0.715. The van der Waals surface area contributed by atoms with Crippen LogP contribution in [0.4, 0.5) is 4.39 Å². The molecule has 0 aliphatic rings. The highest BCUT2D eigenvalue weighted by molar-refractivity contribution is 5.94. The molecule has 0 radical (unpaired) electrons. The Morgan fingerprint density at radius 2 is 2.22 bits per heavy atom. The SMILES string of the molecule is Cc1cc(CNC(=O)c2cccc(F)c2)n(C)n1. The van der Waals surface area contributed by atoms with Gasteiger partial charge >= 0.3 is 0 Å². The Kier molecular flexibility index (Phi) is 3.41. The molecule has 1 amide bonds. The monoisotopic (exact) mass is 247 g/mol. The van der Waals surface area contributed by atoms with Crippen LogP contribution in [0.1, 0.15) is 21.7 Å². The van der Waals surface area contributed by atoms with E-state index in [4.69, 9.17) is 0 Å². The number of hydrogen-bond acceptors (Lipinski definition) is 2. The van der Waals surface area contributed by atoms with E-state index in [2.05, 4.69) is 10.4 Å². The summed E-state index contributed by atoms with van der Waals surface area (Å²) < 4.78 is 14.7. The van der Waals surface area contributed by atoms with Crippen LogP contribution >= 0.6 is 0 Å². The fourth-order valence-corrected chi connectivity index (χ4v) is 1.73. The number of nitrogens with zero attached hydrogens (tertiary/aromatic N) is 2. The van der Waals surface area contributed by atoms with Gasteiger partial charge in [0.25, 0.3) is 5.91 Å². The summed E-state index contributed by atoms with van der Waals surface area (Å²) in [5, 5.41) is 6.91. The minimum absolute atomic E-state index is 0.298. The molecule has 1 aromatic carbocycles. The van der Waals surface area contributed by atoms with Crippen LogP contribution in [0.2, 0.25) is 0 Å². The normalized spacial score (nSPS) is 10.4. The molecule has 2 rings (SSSR count). The van der Waals surface area contributed by atoms with E-state index in [9.17, 15) is 9.18 Å². The van der Waals surface area contributed by atoms with Crippen LogP contribution in [-0.2, 0) is 13.6 Å². The maximum atomic E-state index is 13.0. The number of aryl methyl sites for hydroxylation is 2. The molecule has 1 heterocycles. The van der Waals surface area contributed by atoms with Crippen molar-refractivity contribution in [2.75, 3.05) is 0 Å². The van der Waals surface area contributed by atoms with Gasteiger partial charge in [0.1, 0.15) is 5.82 Å². The molecular formula is C13H14FN3O. The molecule has 0 saturated carbocycles. The Morgan fingerprint density at radius 1 is 1.44 bits per heavy atom. The molecule has 0 saturated heterocycles. The Bertz CT molecular complexity index is 577. The number of hydrogen-bond donors (Lipinski definition) is 1. The van der Waals surface area contributed by atoms with Gasteiger partial charge in [0.05, 0.1) is 17.9 Å². The fraction of sp³-hybridized carbons (Fsp3) is 0.231. The van der Waals surface area contributed by atoms with Crippen molar-refractivity contribution in [3.8, 4) is 0 Å². The molecule has 0 bridgehead atoms. The van der Waals surface area contributed by atoms with Crippen LogP contribution in [0.5, 0.6) is 0 Å². The van der Waals surface area contributed by atoms with Crippen LogP contribution in [-0.4, -0.2) is 15.7 Å². The van der Waals surface area contributed by atoms with E-state index < -0.39 is 5.82 Å². The first-order valence-corrected chi connectivity index (χ1v) is 5.59. The first-order valence-electron chi connectivity index (χ1n) is 5.59. The number of amides is 1. The summed E-state index contributed by atoms with van der Waals surface area (Å²) in [5.41, 5.74) is 2.11. The highest BCUT2D eigenvalue weighted by Crippen LogP contribution is 2.05. The summed E-state index contributed by atoms with van der Waals surface area (Å²) in [6.45, 7) is 2.25. The molecule has 1 N–H and O–H groups in total. The van der Waals surface area contributed by atoms with Crippen molar-refractivity contribution >= 4 is 5.91 Å². The molecule has 0 aliphatic carbocycles. The third-order valence-electron chi connectivity index (χ3n) is 2.62. The second kappa shape index (κ2) is 5.00. The fourth-order valence-electron chi connectivity index (χ4n) is 1.73. The third kappa shape index (κ3) is 2.74. The summed E-state index contributed by atoms with van der Waals surface area (Å²) >= 11 is 0. The molecule has 1 aromatic heterocycles. The van der Waals surface area contributed by atoms with Crippen molar-refractivity contribution in [1.82, 2.24) is 15.1 Å². The number of carbonyl (C=O) groups excluding carboxylic acids is 1. The number of aromatic nitrogens is 2. The minimum Gasteiger partial charge on any atom is -0.346 e. The van der Waals surface area contributed by atoms with Gasteiger partial charge < -0.3 is 5.32 Å². The van der Waals surface area contributed by atoms with Crippen LogP contribution in [0.3, 0.4) is 0 Å². The van der Waals surface area contributed by atoms with E-state index in [0.29, 0.717) is 12.1 Å². The first kappa shape index (κ1) is 12.3. The lowest BCUT2D eigenvalue weighted by Crippen LogP contribution is -2.24. The summed E-state index contributed by atoms with van der Waals surface area (Å²) in [6, 6.07) is 7.50. The number of benzene rings is 1. The zero-order valence-corrected chi connectivity index (χ0v) is 10.3. The van der Waals surface area contributed by atoms with E-state index in [1.165, 1.54) is 18.2 Å². The Hall–Kier alpha value is -2.17. The molecule has 2 aromatic rings. The predicted octanol–water partition coefficient (Wildman–Crippen LogP) is 1.80. The number of halogens is 1. The zero-order valence-electron chi connectivity index (χ0n) is 10.3. The van der Waals surface area contributed by atoms with Gasteiger partial charge in [0, 0.05) is 12.6 Å². The second-order valence-electron chi connectivity index (χ2n) is 4.09. The van der Waals surface area contributed by atoms with Crippen molar-refractivity contribution in [3.05, 3.63) is 53.1 Å². The Morgan fingerprint density at radius 3 is 2.83 bits per heavy atom. The van der Waals surface area contributed by atoms with E-state index in [0.717, 1.165) is 11.4 Å². The molecule has 5 heteroatoms. The van der Waals surface area contributed by atoms with Crippen molar-refractivity contribution in [2.45, 2.75) is 13.5 Å². The molecule has 0 unspecified atom stereocenters. The molecule has 0 aliphatic heterocycles. The lowest BCUT2D eigenvalue weighted by Gasteiger charge is -2.05. The minimum atomic E-state index is -0.418. The summed E-state index contributed by atoms with van der Waals surface area (Å²) in [4.78, 5) is 11.8. The van der Waals surface area contributed by atoms with E-state index in [-0.39, 0.29) is 5.91 Å².